The van der Waals surface area contributed by atoms with E-state index in [2.05, 4.69) is 37.9 Å². The molecule has 0 amide bonds. The predicted octanol–water partition coefficient (Wildman–Crippen LogP) is 4.98. The van der Waals surface area contributed by atoms with Crippen molar-refractivity contribution in [2.24, 2.45) is 0 Å². The summed E-state index contributed by atoms with van der Waals surface area (Å²) in [4.78, 5) is 2.80. The van der Waals surface area contributed by atoms with E-state index < -0.39 is 0 Å². The smallest absolute Gasteiger partial charge is 0.0331 e. The SMILES string of the molecule is CCCCCCC(NCCC)C(C)(CC)N1CCCCC1. The highest BCUT2D eigenvalue weighted by Gasteiger charge is 2.37. The van der Waals surface area contributed by atoms with Gasteiger partial charge in [0.2, 0.25) is 0 Å². The van der Waals surface area contributed by atoms with Crippen LogP contribution >= 0.6 is 0 Å². The molecule has 1 rings (SSSR count). The van der Waals surface area contributed by atoms with E-state index in [1.165, 1.54) is 83.8 Å². The van der Waals surface area contributed by atoms with E-state index in [4.69, 9.17) is 0 Å². The lowest BCUT2D eigenvalue weighted by Crippen LogP contribution is -2.60. The fourth-order valence-electron chi connectivity index (χ4n) is 3.82. The number of nitrogens with zero attached hydrogens (tertiary/aromatic N) is 1. The maximum atomic E-state index is 3.89. The number of rotatable bonds is 11. The van der Waals surface area contributed by atoms with E-state index >= 15 is 0 Å². The fourth-order valence-corrected chi connectivity index (χ4v) is 3.82. The summed E-state index contributed by atoms with van der Waals surface area (Å²) >= 11 is 0. The number of hydrogen-bond acceptors (Lipinski definition) is 2. The molecule has 0 saturated carbocycles. The van der Waals surface area contributed by atoms with Crippen molar-refractivity contribution in [1.29, 1.82) is 0 Å². The second-order valence-electron chi connectivity index (χ2n) is 7.11. The van der Waals surface area contributed by atoms with Crippen LogP contribution in [-0.4, -0.2) is 36.1 Å². The summed E-state index contributed by atoms with van der Waals surface area (Å²) in [6.45, 7) is 13.3. The number of unbranched alkanes of at least 4 members (excludes halogenated alkanes) is 3. The first-order valence-electron chi connectivity index (χ1n) is 9.67. The van der Waals surface area contributed by atoms with Crippen LogP contribution in [0, 0.1) is 0 Å². The van der Waals surface area contributed by atoms with Crippen LogP contribution in [0.15, 0.2) is 0 Å². The van der Waals surface area contributed by atoms with Crippen molar-refractivity contribution in [1.82, 2.24) is 10.2 Å². The second-order valence-corrected chi connectivity index (χ2v) is 7.11. The average Bonchev–Trinajstić information content (AvgIpc) is 2.54. The van der Waals surface area contributed by atoms with Crippen molar-refractivity contribution in [2.45, 2.75) is 103 Å². The molecule has 0 aromatic rings. The third-order valence-corrected chi connectivity index (χ3v) is 5.53. The molecule has 2 nitrogen and oxygen atoms in total. The Morgan fingerprint density at radius 2 is 1.67 bits per heavy atom. The van der Waals surface area contributed by atoms with Gasteiger partial charge in [-0.3, -0.25) is 4.90 Å². The lowest BCUT2D eigenvalue weighted by atomic mass is 9.82. The van der Waals surface area contributed by atoms with E-state index in [-0.39, 0.29) is 0 Å². The molecular formula is C19H40N2. The van der Waals surface area contributed by atoms with Gasteiger partial charge in [-0.2, -0.15) is 0 Å². The Bertz CT molecular complexity index is 248. The topological polar surface area (TPSA) is 15.3 Å². The molecule has 2 heteroatoms. The molecule has 2 atom stereocenters. The molecule has 0 aromatic carbocycles. The van der Waals surface area contributed by atoms with E-state index in [1.54, 1.807) is 0 Å². The van der Waals surface area contributed by atoms with E-state index in [1.807, 2.05) is 0 Å². The van der Waals surface area contributed by atoms with Crippen LogP contribution < -0.4 is 5.32 Å². The van der Waals surface area contributed by atoms with Gasteiger partial charge in [0.15, 0.2) is 0 Å². The van der Waals surface area contributed by atoms with Gasteiger partial charge >= 0.3 is 0 Å². The molecule has 1 aliphatic heterocycles. The number of hydrogen-bond donors (Lipinski definition) is 1. The minimum absolute atomic E-state index is 0.349. The molecule has 0 aromatic heterocycles. The largest absolute Gasteiger partial charge is 0.312 e. The minimum Gasteiger partial charge on any atom is -0.312 e. The Morgan fingerprint density at radius 1 is 0.952 bits per heavy atom. The first-order chi connectivity index (χ1) is 10.2. The third-order valence-electron chi connectivity index (χ3n) is 5.53. The van der Waals surface area contributed by atoms with Gasteiger partial charge in [0.25, 0.3) is 0 Å². The predicted molar refractivity (Wildman–Crippen MR) is 95.0 cm³/mol. The van der Waals surface area contributed by atoms with Gasteiger partial charge < -0.3 is 5.32 Å². The molecule has 0 bridgehead atoms. The van der Waals surface area contributed by atoms with Gasteiger partial charge in [0.1, 0.15) is 0 Å². The van der Waals surface area contributed by atoms with Gasteiger partial charge in [0, 0.05) is 11.6 Å². The Morgan fingerprint density at radius 3 is 2.24 bits per heavy atom. The van der Waals surface area contributed by atoms with Crippen molar-refractivity contribution in [2.75, 3.05) is 19.6 Å². The van der Waals surface area contributed by atoms with E-state index in [0.717, 1.165) is 0 Å². The van der Waals surface area contributed by atoms with Crippen molar-refractivity contribution in [3.8, 4) is 0 Å². The minimum atomic E-state index is 0.349. The number of nitrogens with one attached hydrogen (secondary N) is 1. The van der Waals surface area contributed by atoms with Crippen LogP contribution in [0.2, 0.25) is 0 Å². The fraction of sp³-hybridized carbons (Fsp3) is 1.00. The highest BCUT2D eigenvalue weighted by atomic mass is 15.2. The average molecular weight is 297 g/mol. The molecule has 126 valence electrons. The lowest BCUT2D eigenvalue weighted by molar-refractivity contribution is 0.0394. The third kappa shape index (κ3) is 5.90. The van der Waals surface area contributed by atoms with Crippen LogP contribution in [0.5, 0.6) is 0 Å². The molecule has 1 aliphatic rings. The Kier molecular flexibility index (Phi) is 9.59. The maximum Gasteiger partial charge on any atom is 0.0331 e. The molecule has 1 N–H and O–H groups in total. The Balaban J connectivity index is 2.64. The Hall–Kier alpha value is -0.0800. The summed E-state index contributed by atoms with van der Waals surface area (Å²) in [5.74, 6) is 0. The van der Waals surface area contributed by atoms with E-state index in [9.17, 15) is 0 Å². The van der Waals surface area contributed by atoms with Crippen molar-refractivity contribution in [3.05, 3.63) is 0 Å². The van der Waals surface area contributed by atoms with Gasteiger partial charge in [-0.1, -0.05) is 52.9 Å². The first kappa shape index (κ1) is 19.0. The van der Waals surface area contributed by atoms with Crippen LogP contribution in [0.3, 0.4) is 0 Å². The zero-order chi connectivity index (χ0) is 15.6. The molecule has 2 unspecified atom stereocenters. The van der Waals surface area contributed by atoms with Crippen molar-refractivity contribution < 1.29 is 0 Å². The molecule has 1 fully saturated rings. The van der Waals surface area contributed by atoms with Crippen molar-refractivity contribution >= 4 is 0 Å². The number of likely N-dealkylation sites (tertiary alicyclic amines) is 1. The molecule has 0 radical (unpaired) electrons. The lowest BCUT2D eigenvalue weighted by Gasteiger charge is -2.48. The molecular weight excluding hydrogens is 256 g/mol. The van der Waals surface area contributed by atoms with E-state index in [0.29, 0.717) is 11.6 Å². The summed E-state index contributed by atoms with van der Waals surface area (Å²) in [5, 5.41) is 3.89. The van der Waals surface area contributed by atoms with Gasteiger partial charge in [-0.15, -0.1) is 0 Å². The molecule has 1 heterocycles. The van der Waals surface area contributed by atoms with Gasteiger partial charge in [-0.25, -0.2) is 0 Å². The zero-order valence-electron chi connectivity index (χ0n) is 15.2. The molecule has 0 aliphatic carbocycles. The number of piperidine rings is 1. The monoisotopic (exact) mass is 296 g/mol. The molecule has 1 saturated heterocycles. The normalized spacial score (nSPS) is 21.1. The second kappa shape index (κ2) is 10.6. The van der Waals surface area contributed by atoms with Crippen LogP contribution in [0.25, 0.3) is 0 Å². The van der Waals surface area contributed by atoms with Crippen LogP contribution in [0.4, 0.5) is 0 Å². The standard InChI is InChI=1S/C19H40N2/c1-5-8-9-11-14-18(20-15-6-2)19(4,7-3)21-16-12-10-13-17-21/h18,20H,5-17H2,1-4H3. The molecule has 21 heavy (non-hydrogen) atoms. The first-order valence-corrected chi connectivity index (χ1v) is 9.67. The summed E-state index contributed by atoms with van der Waals surface area (Å²) in [6, 6.07) is 0.664. The summed E-state index contributed by atoms with van der Waals surface area (Å²) in [5.41, 5.74) is 0.349. The Labute approximate surface area is 134 Å². The summed E-state index contributed by atoms with van der Waals surface area (Å²) in [7, 11) is 0. The molecule has 0 spiro atoms. The van der Waals surface area contributed by atoms with Gasteiger partial charge in [0.05, 0.1) is 0 Å². The highest BCUT2D eigenvalue weighted by molar-refractivity contribution is 4.97. The van der Waals surface area contributed by atoms with Crippen LogP contribution in [0.1, 0.15) is 91.9 Å². The summed E-state index contributed by atoms with van der Waals surface area (Å²) < 4.78 is 0. The quantitative estimate of drug-likeness (QED) is 0.541. The summed E-state index contributed by atoms with van der Waals surface area (Å²) in [6.07, 6.45) is 13.6. The van der Waals surface area contributed by atoms with Crippen LogP contribution in [-0.2, 0) is 0 Å². The van der Waals surface area contributed by atoms with Crippen molar-refractivity contribution in [3.63, 3.8) is 0 Å². The highest BCUT2D eigenvalue weighted by Crippen LogP contribution is 2.30. The zero-order valence-corrected chi connectivity index (χ0v) is 15.2. The van der Waals surface area contributed by atoms with Gasteiger partial charge in [-0.05, 0) is 58.7 Å². The maximum absolute atomic E-state index is 3.89.